The fourth-order valence-electron chi connectivity index (χ4n) is 1.91. The maximum atomic E-state index is 13.6. The molecule has 0 aromatic heterocycles. The van der Waals surface area contributed by atoms with Crippen LogP contribution in [-0.4, -0.2) is 18.5 Å². The number of amides is 1. The van der Waals surface area contributed by atoms with Crippen LogP contribution in [0.25, 0.3) is 6.08 Å². The highest BCUT2D eigenvalue weighted by Gasteiger charge is 2.10. The Bertz CT molecular complexity index is 903. The zero-order chi connectivity index (χ0) is 19.1. The first-order valence-corrected chi connectivity index (χ1v) is 7.94. The number of halogens is 3. The van der Waals surface area contributed by atoms with Crippen molar-refractivity contribution in [3.63, 3.8) is 0 Å². The Balaban J connectivity index is 1.93. The maximum absolute atomic E-state index is 13.6. The summed E-state index contributed by atoms with van der Waals surface area (Å²) in [4.78, 5) is 23.5. The molecule has 5 nitrogen and oxygen atoms in total. The molecule has 1 N–H and O–H groups in total. The van der Waals surface area contributed by atoms with Crippen molar-refractivity contribution in [1.29, 1.82) is 5.26 Å². The van der Waals surface area contributed by atoms with E-state index in [0.717, 1.165) is 12.2 Å². The van der Waals surface area contributed by atoms with Crippen LogP contribution in [0.4, 0.5) is 10.1 Å². The van der Waals surface area contributed by atoms with E-state index in [4.69, 9.17) is 33.2 Å². The topological polar surface area (TPSA) is 79.2 Å². The molecule has 0 heterocycles. The second kappa shape index (κ2) is 8.99. The third kappa shape index (κ3) is 5.31. The van der Waals surface area contributed by atoms with E-state index in [1.807, 2.05) is 6.07 Å². The molecular weight excluding hydrogens is 382 g/mol. The van der Waals surface area contributed by atoms with E-state index in [2.05, 4.69) is 5.32 Å². The van der Waals surface area contributed by atoms with Gasteiger partial charge >= 0.3 is 5.97 Å². The van der Waals surface area contributed by atoms with E-state index in [1.165, 1.54) is 36.4 Å². The van der Waals surface area contributed by atoms with E-state index >= 15 is 0 Å². The normalized spacial score (nSPS) is 10.4. The Labute approximate surface area is 158 Å². The highest BCUT2D eigenvalue weighted by Crippen LogP contribution is 2.21. The first kappa shape index (κ1) is 19.4. The lowest BCUT2D eigenvalue weighted by Gasteiger charge is -2.07. The molecular formula is C18H11Cl2FN2O3. The Morgan fingerprint density at radius 2 is 2.04 bits per heavy atom. The summed E-state index contributed by atoms with van der Waals surface area (Å²) in [6, 6.07) is 10.4. The molecule has 0 unspecified atom stereocenters. The van der Waals surface area contributed by atoms with Gasteiger partial charge in [0.25, 0.3) is 5.91 Å². The molecule has 0 atom stereocenters. The molecule has 132 valence electrons. The Morgan fingerprint density at radius 1 is 1.27 bits per heavy atom. The van der Waals surface area contributed by atoms with Crippen LogP contribution in [0.1, 0.15) is 11.1 Å². The SMILES string of the molecule is N#Cc1ccc(Cl)cc1NC(=O)COC(=O)/C=C/c1c(F)cccc1Cl. The summed E-state index contributed by atoms with van der Waals surface area (Å²) < 4.78 is 18.3. The molecule has 0 bridgehead atoms. The van der Waals surface area contributed by atoms with Crippen molar-refractivity contribution in [1.82, 2.24) is 0 Å². The summed E-state index contributed by atoms with van der Waals surface area (Å²) in [6.45, 7) is -0.592. The number of esters is 1. The molecule has 2 rings (SSSR count). The van der Waals surface area contributed by atoms with Gasteiger partial charge in [-0.15, -0.1) is 0 Å². The lowest BCUT2D eigenvalue weighted by Crippen LogP contribution is -2.20. The molecule has 0 spiro atoms. The average molecular weight is 393 g/mol. The van der Waals surface area contributed by atoms with Crippen LogP contribution in [0.3, 0.4) is 0 Å². The molecule has 2 aromatic rings. The van der Waals surface area contributed by atoms with Crippen molar-refractivity contribution >= 4 is 46.8 Å². The maximum Gasteiger partial charge on any atom is 0.331 e. The lowest BCUT2D eigenvalue weighted by molar-refractivity contribution is -0.142. The molecule has 8 heteroatoms. The number of nitrogens with zero attached hydrogens (tertiary/aromatic N) is 1. The molecule has 0 radical (unpaired) electrons. The van der Waals surface area contributed by atoms with E-state index < -0.39 is 24.3 Å². The van der Waals surface area contributed by atoms with Crippen molar-refractivity contribution in [2.24, 2.45) is 0 Å². The first-order valence-electron chi connectivity index (χ1n) is 7.19. The van der Waals surface area contributed by atoms with Gasteiger partial charge in [-0.05, 0) is 36.4 Å². The summed E-state index contributed by atoms with van der Waals surface area (Å²) in [5, 5.41) is 11.9. The summed E-state index contributed by atoms with van der Waals surface area (Å²) in [6.07, 6.45) is 2.11. The van der Waals surface area contributed by atoms with Crippen LogP contribution >= 0.6 is 23.2 Å². The minimum absolute atomic E-state index is 0.0353. The standard InChI is InChI=1S/C18H11Cl2FN2O3/c19-12-5-4-11(9-22)16(8-12)23-17(24)10-26-18(25)7-6-13-14(20)2-1-3-15(13)21/h1-8H,10H2,(H,23,24)/b7-6+. The fraction of sp³-hybridized carbons (Fsp3) is 0.0556. The van der Waals surface area contributed by atoms with Gasteiger partial charge in [-0.25, -0.2) is 9.18 Å². The van der Waals surface area contributed by atoms with E-state index in [-0.39, 0.29) is 21.8 Å². The number of benzene rings is 2. The zero-order valence-corrected chi connectivity index (χ0v) is 14.6. The van der Waals surface area contributed by atoms with Crippen molar-refractivity contribution < 1.29 is 18.7 Å². The average Bonchev–Trinajstić information content (AvgIpc) is 2.60. The minimum Gasteiger partial charge on any atom is -0.452 e. The predicted octanol–water partition coefficient (Wildman–Crippen LogP) is 4.20. The molecule has 0 aliphatic carbocycles. The predicted molar refractivity (Wildman–Crippen MR) is 96.2 cm³/mol. The summed E-state index contributed by atoms with van der Waals surface area (Å²) >= 11 is 11.6. The monoisotopic (exact) mass is 392 g/mol. The minimum atomic E-state index is -0.855. The quantitative estimate of drug-likeness (QED) is 0.610. The fourth-order valence-corrected chi connectivity index (χ4v) is 2.31. The van der Waals surface area contributed by atoms with Gasteiger partial charge in [0.15, 0.2) is 6.61 Å². The third-order valence-electron chi connectivity index (χ3n) is 3.11. The van der Waals surface area contributed by atoms with Crippen LogP contribution in [-0.2, 0) is 14.3 Å². The second-order valence-electron chi connectivity index (χ2n) is 4.93. The van der Waals surface area contributed by atoms with Crippen LogP contribution in [0.5, 0.6) is 0 Å². The highest BCUT2D eigenvalue weighted by molar-refractivity contribution is 6.32. The van der Waals surface area contributed by atoms with Crippen molar-refractivity contribution in [2.45, 2.75) is 0 Å². The summed E-state index contributed by atoms with van der Waals surface area (Å²) in [5.41, 5.74) is 0.450. The zero-order valence-electron chi connectivity index (χ0n) is 13.1. The van der Waals surface area contributed by atoms with Crippen molar-refractivity contribution in [2.75, 3.05) is 11.9 Å². The number of rotatable bonds is 5. The van der Waals surface area contributed by atoms with E-state index in [0.29, 0.717) is 5.02 Å². The van der Waals surface area contributed by atoms with Crippen LogP contribution < -0.4 is 5.32 Å². The van der Waals surface area contributed by atoms with Gasteiger partial charge in [-0.2, -0.15) is 5.26 Å². The highest BCUT2D eigenvalue weighted by atomic mass is 35.5. The van der Waals surface area contributed by atoms with Gasteiger partial charge in [-0.1, -0.05) is 29.3 Å². The Kier molecular flexibility index (Phi) is 6.73. The van der Waals surface area contributed by atoms with Gasteiger partial charge < -0.3 is 10.1 Å². The molecule has 0 fully saturated rings. The number of carbonyl (C=O) groups is 2. The lowest BCUT2D eigenvalue weighted by atomic mass is 10.2. The van der Waals surface area contributed by atoms with Gasteiger partial charge in [0.05, 0.1) is 16.3 Å². The van der Waals surface area contributed by atoms with Gasteiger partial charge in [0.2, 0.25) is 0 Å². The molecule has 0 saturated heterocycles. The van der Waals surface area contributed by atoms with E-state index in [9.17, 15) is 14.0 Å². The molecule has 0 saturated carbocycles. The number of hydrogen-bond donors (Lipinski definition) is 1. The van der Waals surface area contributed by atoms with Crippen molar-refractivity contribution in [3.05, 3.63) is 69.5 Å². The van der Waals surface area contributed by atoms with Crippen LogP contribution in [0.2, 0.25) is 10.0 Å². The number of anilines is 1. The van der Waals surface area contributed by atoms with Gasteiger partial charge in [0, 0.05) is 16.7 Å². The number of hydrogen-bond acceptors (Lipinski definition) is 4. The molecule has 0 aliphatic heterocycles. The van der Waals surface area contributed by atoms with Gasteiger partial charge in [-0.3, -0.25) is 4.79 Å². The molecule has 0 aliphatic rings. The summed E-state index contributed by atoms with van der Waals surface area (Å²) in [5.74, 6) is -2.11. The van der Waals surface area contributed by atoms with Crippen LogP contribution in [0, 0.1) is 17.1 Å². The molecule has 1 amide bonds. The molecule has 2 aromatic carbocycles. The number of nitriles is 1. The largest absolute Gasteiger partial charge is 0.452 e. The van der Waals surface area contributed by atoms with Gasteiger partial charge in [0.1, 0.15) is 11.9 Å². The van der Waals surface area contributed by atoms with E-state index in [1.54, 1.807) is 0 Å². The van der Waals surface area contributed by atoms with Crippen molar-refractivity contribution in [3.8, 4) is 6.07 Å². The Morgan fingerprint density at radius 3 is 2.73 bits per heavy atom. The first-order chi connectivity index (χ1) is 12.4. The molecule has 26 heavy (non-hydrogen) atoms. The number of ether oxygens (including phenoxy) is 1. The second-order valence-corrected chi connectivity index (χ2v) is 5.77. The number of carbonyl (C=O) groups excluding carboxylic acids is 2. The summed E-state index contributed by atoms with van der Waals surface area (Å²) in [7, 11) is 0. The number of nitrogens with one attached hydrogen (secondary N) is 1. The smallest absolute Gasteiger partial charge is 0.331 e. The third-order valence-corrected chi connectivity index (χ3v) is 3.67. The Hall–Kier alpha value is -2.88. The van der Waals surface area contributed by atoms with Crippen LogP contribution in [0.15, 0.2) is 42.5 Å².